The van der Waals surface area contributed by atoms with Crippen molar-refractivity contribution in [1.82, 2.24) is 0 Å². The fourth-order valence-electron chi connectivity index (χ4n) is 2.24. The lowest BCUT2D eigenvalue weighted by Gasteiger charge is -2.37. The van der Waals surface area contributed by atoms with Gasteiger partial charge in [0.2, 0.25) is 0 Å². The Hall–Kier alpha value is -0.130. The van der Waals surface area contributed by atoms with Crippen molar-refractivity contribution in [2.75, 3.05) is 32.9 Å². The molecular formula is C12H28NO3S+. The van der Waals surface area contributed by atoms with E-state index >= 15 is 0 Å². The van der Waals surface area contributed by atoms with Gasteiger partial charge in [0.15, 0.2) is 0 Å². The first-order valence-corrected chi connectivity index (χ1v) is 8.38. The van der Waals surface area contributed by atoms with Crippen molar-refractivity contribution in [2.45, 2.75) is 45.4 Å². The van der Waals surface area contributed by atoms with E-state index in [9.17, 15) is 8.42 Å². The third-order valence-electron chi connectivity index (χ3n) is 3.20. The molecule has 1 saturated heterocycles. The molecule has 1 N–H and O–H groups in total. The molecule has 4 nitrogen and oxygen atoms in total. The molecule has 0 saturated carbocycles. The summed E-state index contributed by atoms with van der Waals surface area (Å²) in [7, 11) is -1.23. The van der Waals surface area contributed by atoms with Crippen LogP contribution in [0.5, 0.6) is 0 Å². The number of quaternary nitrogens is 1. The molecule has 0 bridgehead atoms. The SMILES string of the molecule is CCCCC[N+]1(C)CCCCC1.CS(=O)(=O)O. The molecule has 1 heterocycles. The predicted octanol–water partition coefficient (Wildman–Crippen LogP) is 2.31. The van der Waals surface area contributed by atoms with Crippen LogP contribution in [-0.4, -0.2) is 50.4 Å². The topological polar surface area (TPSA) is 54.4 Å². The van der Waals surface area contributed by atoms with Gasteiger partial charge in [0.25, 0.3) is 10.1 Å². The van der Waals surface area contributed by atoms with Gasteiger partial charge in [-0.3, -0.25) is 4.55 Å². The third-order valence-corrected chi connectivity index (χ3v) is 3.20. The maximum atomic E-state index is 9.19. The summed E-state index contributed by atoms with van der Waals surface area (Å²) in [6.45, 7) is 6.58. The Morgan fingerprint density at radius 1 is 1.12 bits per heavy atom. The van der Waals surface area contributed by atoms with E-state index in [1.165, 1.54) is 62.6 Å². The van der Waals surface area contributed by atoms with E-state index in [0.29, 0.717) is 6.26 Å². The number of hydrogen-bond donors (Lipinski definition) is 1. The summed E-state index contributed by atoms with van der Waals surface area (Å²) in [5, 5.41) is 0. The van der Waals surface area contributed by atoms with Crippen LogP contribution in [0.4, 0.5) is 0 Å². The van der Waals surface area contributed by atoms with Crippen LogP contribution in [0.2, 0.25) is 0 Å². The second-order valence-electron chi connectivity index (χ2n) is 5.29. The van der Waals surface area contributed by atoms with Crippen molar-refractivity contribution < 1.29 is 17.5 Å². The number of hydrogen-bond acceptors (Lipinski definition) is 2. The minimum absolute atomic E-state index is 0.715. The van der Waals surface area contributed by atoms with Crippen LogP contribution >= 0.6 is 0 Å². The van der Waals surface area contributed by atoms with Gasteiger partial charge in [0.1, 0.15) is 0 Å². The predicted molar refractivity (Wildman–Crippen MR) is 71.6 cm³/mol. The van der Waals surface area contributed by atoms with E-state index < -0.39 is 10.1 Å². The standard InChI is InChI=1S/C11H24N.CH4O3S/c1-3-4-6-9-12(2)10-7-5-8-11-12;1-5(2,3)4/h3-11H2,1-2H3;1H3,(H,2,3,4)/q+1;. The summed E-state index contributed by atoms with van der Waals surface area (Å²) in [5.74, 6) is 0. The van der Waals surface area contributed by atoms with Crippen molar-refractivity contribution in [3.8, 4) is 0 Å². The van der Waals surface area contributed by atoms with Gasteiger partial charge in [-0.1, -0.05) is 13.3 Å². The number of likely N-dealkylation sites (tertiary alicyclic amines) is 1. The monoisotopic (exact) mass is 266 g/mol. The Labute approximate surface area is 106 Å². The summed E-state index contributed by atoms with van der Waals surface area (Å²) in [4.78, 5) is 0. The highest BCUT2D eigenvalue weighted by Gasteiger charge is 2.23. The first-order chi connectivity index (χ1) is 7.77. The van der Waals surface area contributed by atoms with E-state index in [1.54, 1.807) is 0 Å². The number of piperidine rings is 1. The summed E-state index contributed by atoms with van der Waals surface area (Å²) in [6.07, 6.45) is 9.33. The van der Waals surface area contributed by atoms with Gasteiger partial charge in [-0.2, -0.15) is 8.42 Å². The molecule has 1 aliphatic heterocycles. The fourth-order valence-corrected chi connectivity index (χ4v) is 2.24. The van der Waals surface area contributed by atoms with Gasteiger partial charge in [-0.25, -0.2) is 0 Å². The molecule has 1 aliphatic rings. The van der Waals surface area contributed by atoms with Crippen molar-refractivity contribution in [2.24, 2.45) is 0 Å². The summed E-state index contributed by atoms with van der Waals surface area (Å²) < 4.78 is 27.2. The normalized spacial score (nSPS) is 19.3. The quantitative estimate of drug-likeness (QED) is 0.482. The Bertz CT molecular complexity index is 274. The first-order valence-electron chi connectivity index (χ1n) is 6.53. The lowest BCUT2D eigenvalue weighted by Crippen LogP contribution is -2.48. The molecular weight excluding hydrogens is 238 g/mol. The molecule has 0 aromatic rings. The van der Waals surface area contributed by atoms with Crippen LogP contribution < -0.4 is 0 Å². The smallest absolute Gasteiger partial charge is 0.261 e. The van der Waals surface area contributed by atoms with Gasteiger partial charge in [0, 0.05) is 0 Å². The van der Waals surface area contributed by atoms with E-state index in [4.69, 9.17) is 4.55 Å². The number of unbranched alkanes of at least 4 members (excludes halogenated alkanes) is 2. The van der Waals surface area contributed by atoms with Gasteiger partial charge < -0.3 is 4.48 Å². The lowest BCUT2D eigenvalue weighted by atomic mass is 10.1. The molecule has 5 heteroatoms. The Balaban J connectivity index is 0.000000437. The van der Waals surface area contributed by atoms with Crippen LogP contribution in [0.1, 0.15) is 45.4 Å². The minimum Gasteiger partial charge on any atom is -0.326 e. The molecule has 1 rings (SSSR count). The van der Waals surface area contributed by atoms with E-state index in [1.807, 2.05) is 0 Å². The average Bonchev–Trinajstić information content (AvgIpc) is 2.16. The maximum Gasteiger partial charge on any atom is 0.261 e. The van der Waals surface area contributed by atoms with Crippen molar-refractivity contribution in [1.29, 1.82) is 0 Å². The van der Waals surface area contributed by atoms with E-state index in [2.05, 4.69) is 14.0 Å². The van der Waals surface area contributed by atoms with Crippen LogP contribution in [0, 0.1) is 0 Å². The van der Waals surface area contributed by atoms with E-state index in [-0.39, 0.29) is 0 Å². The second-order valence-corrected chi connectivity index (χ2v) is 6.76. The minimum atomic E-state index is -3.67. The molecule has 0 radical (unpaired) electrons. The van der Waals surface area contributed by atoms with Crippen LogP contribution in [0.3, 0.4) is 0 Å². The molecule has 0 unspecified atom stereocenters. The van der Waals surface area contributed by atoms with Crippen molar-refractivity contribution in [3.63, 3.8) is 0 Å². The highest BCUT2D eigenvalue weighted by molar-refractivity contribution is 7.85. The average molecular weight is 266 g/mol. The third kappa shape index (κ3) is 12.1. The Morgan fingerprint density at radius 3 is 2.00 bits per heavy atom. The molecule has 17 heavy (non-hydrogen) atoms. The molecule has 0 aromatic heterocycles. The second kappa shape index (κ2) is 8.06. The van der Waals surface area contributed by atoms with Gasteiger partial charge >= 0.3 is 0 Å². The van der Waals surface area contributed by atoms with E-state index in [0.717, 1.165) is 0 Å². The molecule has 0 amide bonds. The maximum absolute atomic E-state index is 9.19. The highest BCUT2D eigenvalue weighted by atomic mass is 32.2. The molecule has 1 fully saturated rings. The summed E-state index contributed by atoms with van der Waals surface area (Å²) >= 11 is 0. The first kappa shape index (κ1) is 16.9. The van der Waals surface area contributed by atoms with Crippen molar-refractivity contribution >= 4 is 10.1 Å². The van der Waals surface area contributed by atoms with Gasteiger partial charge in [0.05, 0.1) is 32.9 Å². The van der Waals surface area contributed by atoms with Crippen LogP contribution in [0.25, 0.3) is 0 Å². The zero-order chi connectivity index (χ0) is 13.4. The fraction of sp³-hybridized carbons (Fsp3) is 1.00. The summed E-state index contributed by atoms with van der Waals surface area (Å²) in [6, 6.07) is 0. The molecule has 104 valence electrons. The van der Waals surface area contributed by atoms with Gasteiger partial charge in [-0.05, 0) is 32.1 Å². The Morgan fingerprint density at radius 2 is 1.59 bits per heavy atom. The zero-order valence-corrected chi connectivity index (χ0v) is 12.3. The largest absolute Gasteiger partial charge is 0.326 e. The van der Waals surface area contributed by atoms with Crippen molar-refractivity contribution in [3.05, 3.63) is 0 Å². The summed E-state index contributed by atoms with van der Waals surface area (Å²) in [5.41, 5.74) is 0. The van der Waals surface area contributed by atoms with Crippen LogP contribution in [0.15, 0.2) is 0 Å². The van der Waals surface area contributed by atoms with Crippen LogP contribution in [-0.2, 0) is 10.1 Å². The molecule has 0 aromatic carbocycles. The molecule has 0 atom stereocenters. The zero-order valence-electron chi connectivity index (χ0n) is 11.5. The van der Waals surface area contributed by atoms with Gasteiger partial charge in [-0.15, -0.1) is 0 Å². The molecule has 0 aliphatic carbocycles. The number of nitrogens with zero attached hydrogens (tertiary/aromatic N) is 1. The number of rotatable bonds is 4. The molecule has 0 spiro atoms. The Kier molecular flexibility index (Phi) is 8.00. The highest BCUT2D eigenvalue weighted by Crippen LogP contribution is 2.17. The lowest BCUT2D eigenvalue weighted by molar-refractivity contribution is -0.914.